The van der Waals surface area contributed by atoms with Crippen molar-refractivity contribution < 1.29 is 17.7 Å². The molecule has 0 saturated carbocycles. The van der Waals surface area contributed by atoms with Crippen LogP contribution in [0.25, 0.3) is 0 Å². The maximum Gasteiger partial charge on any atom is 0.314 e. The highest BCUT2D eigenvalue weighted by Crippen LogP contribution is 2.70. The zero-order valence-electron chi connectivity index (χ0n) is 6.80. The van der Waals surface area contributed by atoms with Crippen molar-refractivity contribution in [2.75, 3.05) is 21.3 Å². The van der Waals surface area contributed by atoms with E-state index >= 15 is 0 Å². The molecule has 0 aromatic rings. The molecule has 0 fully saturated rings. The van der Waals surface area contributed by atoms with Gasteiger partial charge < -0.3 is 13.1 Å². The van der Waals surface area contributed by atoms with Gasteiger partial charge in [0.2, 0.25) is 4.79 Å². The molecular formula is C4H9O4PS3. The first-order valence-electron chi connectivity index (χ1n) is 2.74. The first kappa shape index (κ1) is 12.7. The summed E-state index contributed by atoms with van der Waals surface area (Å²) in [6.45, 7) is 0. The van der Waals surface area contributed by atoms with E-state index in [1.54, 1.807) is 0 Å². The van der Waals surface area contributed by atoms with E-state index in [0.717, 1.165) is 23.3 Å². The molecule has 0 aliphatic heterocycles. The Morgan fingerprint density at radius 1 is 1.25 bits per heavy atom. The summed E-state index contributed by atoms with van der Waals surface area (Å²) in [7, 11) is 4.18. The van der Waals surface area contributed by atoms with Crippen LogP contribution in [0.1, 0.15) is 0 Å². The maximum atomic E-state index is 11.8. The van der Waals surface area contributed by atoms with Gasteiger partial charge in [-0.1, -0.05) is 0 Å². The number of ether oxygens (including phenoxy) is 1. The summed E-state index contributed by atoms with van der Waals surface area (Å²) in [6, 6.07) is 0. The van der Waals surface area contributed by atoms with Crippen LogP contribution >= 0.6 is 41.1 Å². The van der Waals surface area contributed by atoms with Crippen molar-refractivity contribution >= 4 is 45.9 Å². The Balaban J connectivity index is 4.38. The lowest BCUT2D eigenvalue weighted by atomic mass is 11.5. The highest BCUT2D eigenvalue weighted by molar-refractivity contribution is 8.93. The van der Waals surface area contributed by atoms with Crippen LogP contribution in [0.4, 0.5) is 0 Å². The zero-order chi connectivity index (χ0) is 9.61. The normalized spacial score (nSPS) is 11.2. The molecule has 0 saturated heterocycles. The van der Waals surface area contributed by atoms with Gasteiger partial charge in [0.1, 0.15) is 0 Å². The van der Waals surface area contributed by atoms with Crippen LogP contribution in [0.5, 0.6) is 0 Å². The quantitative estimate of drug-likeness (QED) is 0.421. The molecule has 0 radical (unpaired) electrons. The number of thiocarbonyl (C=S) groups is 1. The molecule has 0 aliphatic carbocycles. The molecule has 0 N–H and O–H groups in total. The van der Waals surface area contributed by atoms with Crippen molar-refractivity contribution in [1.29, 1.82) is 0 Å². The SMILES string of the molecule is COSP(=O)(SOC)C(=S)OC. The molecule has 0 atom stereocenters. The standard InChI is InChI=1S/C4H9O4PS3/c1-6-4(10)9(5,11-7-2)12-8-3/h1-3H3. The van der Waals surface area contributed by atoms with Crippen LogP contribution in [0.15, 0.2) is 0 Å². The molecular weight excluding hydrogens is 239 g/mol. The summed E-state index contributed by atoms with van der Waals surface area (Å²) in [4.78, 5) is 0.00111. The lowest BCUT2D eigenvalue weighted by molar-refractivity contribution is 0.422. The summed E-state index contributed by atoms with van der Waals surface area (Å²) < 4.78 is 25.8. The summed E-state index contributed by atoms with van der Waals surface area (Å²) in [5.74, 6) is 0. The number of rotatable bonds is 5. The maximum absolute atomic E-state index is 11.8. The predicted molar refractivity (Wildman–Crippen MR) is 56.4 cm³/mol. The van der Waals surface area contributed by atoms with E-state index in [1.807, 2.05) is 0 Å². The number of hydrogen-bond donors (Lipinski definition) is 0. The fourth-order valence-corrected chi connectivity index (χ4v) is 5.08. The summed E-state index contributed by atoms with van der Waals surface area (Å²) in [5.41, 5.74) is -2.91. The van der Waals surface area contributed by atoms with Crippen LogP contribution in [-0.2, 0) is 17.7 Å². The minimum atomic E-state index is -2.91. The molecule has 72 valence electrons. The van der Waals surface area contributed by atoms with Crippen LogP contribution in [0.2, 0.25) is 0 Å². The molecule has 12 heavy (non-hydrogen) atoms. The molecule has 0 aromatic heterocycles. The smallest absolute Gasteiger partial charge is 0.314 e. The molecule has 0 bridgehead atoms. The van der Waals surface area contributed by atoms with E-state index in [1.165, 1.54) is 21.3 Å². The molecule has 0 heterocycles. The van der Waals surface area contributed by atoms with E-state index in [-0.39, 0.29) is 4.79 Å². The second-order valence-corrected chi connectivity index (χ2v) is 9.16. The number of hydrogen-bond acceptors (Lipinski definition) is 7. The van der Waals surface area contributed by atoms with E-state index in [4.69, 9.17) is 12.2 Å². The highest BCUT2D eigenvalue weighted by Gasteiger charge is 2.33. The van der Waals surface area contributed by atoms with E-state index in [9.17, 15) is 4.57 Å². The lowest BCUT2D eigenvalue weighted by Crippen LogP contribution is -1.94. The lowest BCUT2D eigenvalue weighted by Gasteiger charge is -2.12. The second-order valence-electron chi connectivity index (χ2n) is 1.45. The first-order valence-corrected chi connectivity index (χ1v) is 7.55. The van der Waals surface area contributed by atoms with Gasteiger partial charge >= 0.3 is 5.55 Å². The van der Waals surface area contributed by atoms with Gasteiger partial charge in [0, 0.05) is 0 Å². The summed E-state index contributed by atoms with van der Waals surface area (Å²) in [6.07, 6.45) is 0. The van der Waals surface area contributed by atoms with Gasteiger partial charge in [-0.15, -0.1) is 0 Å². The van der Waals surface area contributed by atoms with Crippen LogP contribution in [-0.4, -0.2) is 26.1 Å². The third-order valence-electron chi connectivity index (χ3n) is 0.744. The van der Waals surface area contributed by atoms with Crippen LogP contribution in [0, 0.1) is 0 Å². The highest BCUT2D eigenvalue weighted by atomic mass is 33.1. The van der Waals surface area contributed by atoms with Crippen molar-refractivity contribution in [3.05, 3.63) is 0 Å². The van der Waals surface area contributed by atoms with E-state index in [2.05, 4.69) is 13.1 Å². The van der Waals surface area contributed by atoms with E-state index in [0.29, 0.717) is 0 Å². The monoisotopic (exact) mass is 248 g/mol. The zero-order valence-corrected chi connectivity index (χ0v) is 10.1. The molecule has 0 amide bonds. The molecule has 0 spiro atoms. The van der Waals surface area contributed by atoms with Crippen molar-refractivity contribution in [2.45, 2.75) is 0 Å². The number of methoxy groups -OCH3 is 1. The third kappa shape index (κ3) is 3.64. The Labute approximate surface area is 85.0 Å². The van der Waals surface area contributed by atoms with Gasteiger partial charge in [-0.3, -0.25) is 4.57 Å². The van der Waals surface area contributed by atoms with Crippen molar-refractivity contribution in [2.24, 2.45) is 0 Å². The Hall–Kier alpha value is 0.740. The average Bonchev–Trinajstić information content (AvgIpc) is 2.04. The average molecular weight is 248 g/mol. The van der Waals surface area contributed by atoms with Crippen LogP contribution < -0.4 is 0 Å². The fraction of sp³-hybridized carbons (Fsp3) is 0.750. The molecule has 0 unspecified atom stereocenters. The molecule has 0 rings (SSSR count). The Kier molecular flexibility index (Phi) is 6.62. The minimum Gasteiger partial charge on any atom is -0.483 e. The largest absolute Gasteiger partial charge is 0.483 e. The molecule has 0 aromatic carbocycles. The predicted octanol–water partition coefficient (Wildman–Crippen LogP) is 2.70. The summed E-state index contributed by atoms with van der Waals surface area (Å²) in [5, 5.41) is 0. The first-order chi connectivity index (χ1) is 5.60. The third-order valence-corrected chi connectivity index (χ3v) is 7.86. The molecule has 4 nitrogen and oxygen atoms in total. The van der Waals surface area contributed by atoms with Gasteiger partial charge in [-0.2, -0.15) is 0 Å². The fourth-order valence-electron chi connectivity index (χ4n) is 0.381. The van der Waals surface area contributed by atoms with Crippen molar-refractivity contribution in [3.8, 4) is 0 Å². The van der Waals surface area contributed by atoms with Gasteiger partial charge in [0.15, 0.2) is 0 Å². The second kappa shape index (κ2) is 6.23. The van der Waals surface area contributed by atoms with Crippen molar-refractivity contribution in [1.82, 2.24) is 0 Å². The molecule has 0 aliphatic rings. The Morgan fingerprint density at radius 3 is 1.92 bits per heavy atom. The minimum absolute atomic E-state index is 0.00111. The van der Waals surface area contributed by atoms with Crippen molar-refractivity contribution in [3.63, 3.8) is 0 Å². The van der Waals surface area contributed by atoms with Gasteiger partial charge in [0.05, 0.1) is 44.7 Å². The summed E-state index contributed by atoms with van der Waals surface area (Å²) >= 11 is 6.26. The van der Waals surface area contributed by atoms with Gasteiger partial charge in [-0.05, 0) is 12.2 Å². The van der Waals surface area contributed by atoms with E-state index < -0.39 is 5.55 Å². The Morgan fingerprint density at radius 2 is 1.67 bits per heavy atom. The van der Waals surface area contributed by atoms with Gasteiger partial charge in [-0.25, -0.2) is 0 Å². The Bertz CT molecular complexity index is 187. The molecule has 8 heteroatoms. The van der Waals surface area contributed by atoms with Gasteiger partial charge in [0.25, 0.3) is 0 Å². The topological polar surface area (TPSA) is 44.8 Å². The van der Waals surface area contributed by atoms with Crippen LogP contribution in [0.3, 0.4) is 0 Å².